The van der Waals surface area contributed by atoms with Crippen LogP contribution in [0.25, 0.3) is 0 Å². The summed E-state index contributed by atoms with van der Waals surface area (Å²) in [5, 5.41) is 3.21. The van der Waals surface area contributed by atoms with Crippen LogP contribution in [0.5, 0.6) is 5.75 Å². The average Bonchev–Trinajstić information content (AvgIpc) is 2.62. The van der Waals surface area contributed by atoms with Crippen molar-refractivity contribution in [1.82, 2.24) is 5.32 Å². The van der Waals surface area contributed by atoms with E-state index in [1.807, 2.05) is 44.2 Å². The van der Waals surface area contributed by atoms with Crippen molar-refractivity contribution in [2.75, 3.05) is 0 Å². The number of rotatable bonds is 8. The minimum Gasteiger partial charge on any atom is -0.480 e. The van der Waals surface area contributed by atoms with Gasteiger partial charge in [0.25, 0.3) is 5.91 Å². The SMILES string of the molecule is CC[C@H](Oc1cccc(C)c1C)C(=O)N[C@H](CC(C)C)c1ccccc1. The molecular weight excluding hydrogens is 322 g/mol. The van der Waals surface area contributed by atoms with E-state index in [2.05, 4.69) is 44.3 Å². The highest BCUT2D eigenvalue weighted by Crippen LogP contribution is 2.24. The molecule has 0 radical (unpaired) electrons. The van der Waals surface area contributed by atoms with Crippen LogP contribution in [0.4, 0.5) is 0 Å². The van der Waals surface area contributed by atoms with Crippen LogP contribution in [0.3, 0.4) is 0 Å². The van der Waals surface area contributed by atoms with Gasteiger partial charge in [-0.15, -0.1) is 0 Å². The summed E-state index contributed by atoms with van der Waals surface area (Å²) < 4.78 is 6.07. The molecular formula is C23H31NO2. The van der Waals surface area contributed by atoms with Gasteiger partial charge in [-0.2, -0.15) is 0 Å². The molecule has 0 aliphatic rings. The Labute approximate surface area is 157 Å². The minimum absolute atomic E-state index is 0.0000404. The molecule has 0 saturated carbocycles. The van der Waals surface area contributed by atoms with Gasteiger partial charge >= 0.3 is 0 Å². The zero-order valence-corrected chi connectivity index (χ0v) is 16.6. The van der Waals surface area contributed by atoms with Crippen LogP contribution in [0.1, 0.15) is 56.3 Å². The van der Waals surface area contributed by atoms with Crippen molar-refractivity contribution >= 4 is 5.91 Å². The molecule has 0 aliphatic heterocycles. The molecule has 0 aromatic heterocycles. The summed E-state index contributed by atoms with van der Waals surface area (Å²) >= 11 is 0. The summed E-state index contributed by atoms with van der Waals surface area (Å²) in [6.07, 6.45) is 1.03. The fourth-order valence-electron chi connectivity index (χ4n) is 3.03. The lowest BCUT2D eigenvalue weighted by Gasteiger charge is -2.25. The molecule has 0 bridgehead atoms. The van der Waals surface area contributed by atoms with Crippen molar-refractivity contribution in [1.29, 1.82) is 0 Å². The van der Waals surface area contributed by atoms with Crippen LogP contribution in [-0.4, -0.2) is 12.0 Å². The first-order chi connectivity index (χ1) is 12.4. The molecule has 2 rings (SSSR count). The van der Waals surface area contributed by atoms with Crippen molar-refractivity contribution in [2.45, 2.75) is 59.6 Å². The van der Waals surface area contributed by atoms with E-state index in [-0.39, 0.29) is 11.9 Å². The average molecular weight is 354 g/mol. The van der Waals surface area contributed by atoms with Crippen LogP contribution < -0.4 is 10.1 Å². The quantitative estimate of drug-likeness (QED) is 0.693. The monoisotopic (exact) mass is 353 g/mol. The van der Waals surface area contributed by atoms with Crippen LogP contribution in [-0.2, 0) is 4.79 Å². The number of hydrogen-bond acceptors (Lipinski definition) is 2. The minimum atomic E-state index is -0.492. The number of carbonyl (C=O) groups is 1. The predicted octanol–water partition coefficient (Wildman–Crippen LogP) is 5.36. The molecule has 0 unspecified atom stereocenters. The van der Waals surface area contributed by atoms with Crippen LogP contribution in [0, 0.1) is 19.8 Å². The van der Waals surface area contributed by atoms with Gasteiger partial charge in [0, 0.05) is 0 Å². The number of benzene rings is 2. The van der Waals surface area contributed by atoms with Crippen molar-refractivity contribution in [2.24, 2.45) is 5.92 Å². The summed E-state index contributed by atoms with van der Waals surface area (Å²) in [6, 6.07) is 16.1. The Kier molecular flexibility index (Phi) is 7.26. The molecule has 0 spiro atoms. The van der Waals surface area contributed by atoms with Gasteiger partial charge in [0.2, 0.25) is 0 Å². The van der Waals surface area contributed by atoms with Crippen molar-refractivity contribution in [3.8, 4) is 5.75 Å². The van der Waals surface area contributed by atoms with E-state index in [1.54, 1.807) is 0 Å². The first-order valence-corrected chi connectivity index (χ1v) is 9.50. The standard InChI is InChI=1S/C23H31NO2/c1-6-21(26-22-14-10-11-17(4)18(22)5)23(25)24-20(15-16(2)3)19-12-8-7-9-13-19/h7-14,16,20-21H,6,15H2,1-5H3,(H,24,25)/t20-,21+/m1/s1. The maximum atomic E-state index is 12.9. The smallest absolute Gasteiger partial charge is 0.261 e. The third-order valence-corrected chi connectivity index (χ3v) is 4.71. The maximum Gasteiger partial charge on any atom is 0.261 e. The van der Waals surface area contributed by atoms with E-state index in [9.17, 15) is 4.79 Å². The first-order valence-electron chi connectivity index (χ1n) is 9.50. The second kappa shape index (κ2) is 9.42. The molecule has 2 atom stereocenters. The number of carbonyl (C=O) groups excluding carboxylic acids is 1. The topological polar surface area (TPSA) is 38.3 Å². The van der Waals surface area contributed by atoms with Crippen LogP contribution >= 0.6 is 0 Å². The fraction of sp³-hybridized carbons (Fsp3) is 0.435. The maximum absolute atomic E-state index is 12.9. The molecule has 2 aromatic carbocycles. The van der Waals surface area contributed by atoms with E-state index < -0.39 is 6.10 Å². The highest BCUT2D eigenvalue weighted by atomic mass is 16.5. The van der Waals surface area contributed by atoms with Gasteiger partial charge in [-0.25, -0.2) is 0 Å². The van der Waals surface area contributed by atoms with E-state index in [0.717, 1.165) is 23.3 Å². The Morgan fingerprint density at radius 3 is 2.35 bits per heavy atom. The summed E-state index contributed by atoms with van der Waals surface area (Å²) in [5.74, 6) is 1.22. The lowest BCUT2D eigenvalue weighted by Crippen LogP contribution is -2.40. The summed E-state index contributed by atoms with van der Waals surface area (Å²) in [7, 11) is 0. The molecule has 3 nitrogen and oxygen atoms in total. The lowest BCUT2D eigenvalue weighted by molar-refractivity contribution is -0.129. The molecule has 26 heavy (non-hydrogen) atoms. The molecule has 3 heteroatoms. The van der Waals surface area contributed by atoms with Gasteiger partial charge in [0.1, 0.15) is 5.75 Å². The summed E-state index contributed by atoms with van der Waals surface area (Å²) in [5.41, 5.74) is 3.39. The van der Waals surface area contributed by atoms with Crippen molar-refractivity contribution in [3.05, 3.63) is 65.2 Å². The second-order valence-corrected chi connectivity index (χ2v) is 7.31. The van der Waals surface area contributed by atoms with Gasteiger partial charge in [-0.3, -0.25) is 4.79 Å². The number of ether oxygens (including phenoxy) is 1. The van der Waals surface area contributed by atoms with Gasteiger partial charge in [-0.05, 0) is 55.4 Å². The fourth-order valence-corrected chi connectivity index (χ4v) is 3.03. The normalized spacial score (nSPS) is 13.3. The van der Waals surface area contributed by atoms with E-state index >= 15 is 0 Å². The van der Waals surface area contributed by atoms with Crippen LogP contribution in [0.2, 0.25) is 0 Å². The Morgan fingerprint density at radius 1 is 1.04 bits per heavy atom. The highest BCUT2D eigenvalue weighted by molar-refractivity contribution is 5.81. The molecule has 0 heterocycles. The van der Waals surface area contributed by atoms with Gasteiger partial charge in [0.15, 0.2) is 6.10 Å². The zero-order valence-electron chi connectivity index (χ0n) is 16.6. The van der Waals surface area contributed by atoms with Gasteiger partial charge in [-0.1, -0.05) is 63.2 Å². The molecule has 2 aromatic rings. The molecule has 0 aliphatic carbocycles. The Balaban J connectivity index is 2.14. The third-order valence-electron chi connectivity index (χ3n) is 4.71. The van der Waals surface area contributed by atoms with Crippen molar-refractivity contribution < 1.29 is 9.53 Å². The van der Waals surface area contributed by atoms with Crippen molar-refractivity contribution in [3.63, 3.8) is 0 Å². The second-order valence-electron chi connectivity index (χ2n) is 7.31. The van der Waals surface area contributed by atoms with E-state index in [4.69, 9.17) is 4.74 Å². The molecule has 0 fully saturated rings. The van der Waals surface area contributed by atoms with Crippen LogP contribution in [0.15, 0.2) is 48.5 Å². The Morgan fingerprint density at radius 2 is 1.73 bits per heavy atom. The molecule has 0 saturated heterocycles. The van der Waals surface area contributed by atoms with Gasteiger partial charge < -0.3 is 10.1 Å². The molecule has 140 valence electrons. The molecule has 1 amide bonds. The summed E-state index contributed by atoms with van der Waals surface area (Å²) in [6.45, 7) is 10.4. The number of aryl methyl sites for hydroxylation is 1. The Bertz CT molecular complexity index is 709. The van der Waals surface area contributed by atoms with E-state index in [1.165, 1.54) is 5.56 Å². The number of nitrogens with one attached hydrogen (secondary N) is 1. The summed E-state index contributed by atoms with van der Waals surface area (Å²) in [4.78, 5) is 12.9. The predicted molar refractivity (Wildman–Crippen MR) is 107 cm³/mol. The number of amides is 1. The zero-order chi connectivity index (χ0) is 19.1. The molecule has 1 N–H and O–H groups in total. The Hall–Kier alpha value is -2.29. The van der Waals surface area contributed by atoms with E-state index in [0.29, 0.717) is 12.3 Å². The first kappa shape index (κ1) is 20.0. The lowest BCUT2D eigenvalue weighted by atomic mass is 9.96. The third kappa shape index (κ3) is 5.35. The van der Waals surface area contributed by atoms with Gasteiger partial charge in [0.05, 0.1) is 6.04 Å². The largest absolute Gasteiger partial charge is 0.480 e. The highest BCUT2D eigenvalue weighted by Gasteiger charge is 2.23. The number of hydrogen-bond donors (Lipinski definition) is 1.